The molecule has 0 aliphatic carbocycles. The lowest BCUT2D eigenvalue weighted by Crippen LogP contribution is -2.41. The predicted octanol–water partition coefficient (Wildman–Crippen LogP) is 2.86. The molecular formula is C15H24N2O3. The van der Waals surface area contributed by atoms with Crippen molar-refractivity contribution in [3.05, 3.63) is 23.8 Å². The number of carbonyl (C=O) groups is 1. The summed E-state index contributed by atoms with van der Waals surface area (Å²) >= 11 is 0. The fourth-order valence-corrected chi connectivity index (χ4v) is 1.82. The van der Waals surface area contributed by atoms with Gasteiger partial charge >= 0.3 is 6.03 Å². The average molecular weight is 280 g/mol. The van der Waals surface area contributed by atoms with Gasteiger partial charge in [-0.2, -0.15) is 0 Å². The van der Waals surface area contributed by atoms with Gasteiger partial charge in [0.2, 0.25) is 0 Å². The number of carbonyl (C=O) groups excluding carboxylic acids is 1. The van der Waals surface area contributed by atoms with Gasteiger partial charge in [-0.15, -0.1) is 0 Å². The largest absolute Gasteiger partial charge is 0.497 e. The molecular weight excluding hydrogens is 256 g/mol. The van der Waals surface area contributed by atoms with E-state index in [1.54, 1.807) is 14.2 Å². The van der Waals surface area contributed by atoms with Crippen LogP contribution in [0.3, 0.4) is 0 Å². The van der Waals surface area contributed by atoms with Crippen LogP contribution in [0.15, 0.2) is 18.2 Å². The third-order valence-corrected chi connectivity index (χ3v) is 3.24. The van der Waals surface area contributed by atoms with Crippen molar-refractivity contribution in [2.75, 3.05) is 14.2 Å². The molecule has 0 saturated carbocycles. The summed E-state index contributed by atoms with van der Waals surface area (Å²) in [6, 6.07) is 5.32. The zero-order valence-corrected chi connectivity index (χ0v) is 12.8. The first-order chi connectivity index (χ1) is 9.51. The van der Waals surface area contributed by atoms with Crippen LogP contribution in [0.4, 0.5) is 4.79 Å². The topological polar surface area (TPSA) is 59.6 Å². The lowest BCUT2D eigenvalue weighted by molar-refractivity contribution is 0.234. The lowest BCUT2D eigenvalue weighted by atomic mass is 10.1. The molecule has 0 fully saturated rings. The first kappa shape index (κ1) is 16.1. The number of hydrogen-bond donors (Lipinski definition) is 2. The van der Waals surface area contributed by atoms with Gasteiger partial charge in [0.05, 0.1) is 20.3 Å². The summed E-state index contributed by atoms with van der Waals surface area (Å²) in [7, 11) is 3.22. The van der Waals surface area contributed by atoms with Gasteiger partial charge in [0.25, 0.3) is 0 Å². The van der Waals surface area contributed by atoms with Crippen molar-refractivity contribution in [1.82, 2.24) is 10.6 Å². The molecule has 2 N–H and O–H groups in total. The average Bonchev–Trinajstić information content (AvgIpc) is 2.45. The first-order valence-electron chi connectivity index (χ1n) is 6.80. The van der Waals surface area contributed by atoms with E-state index in [0.29, 0.717) is 0 Å². The SMILES string of the molecule is CC[C@H](C)NC(=O)N[C@@H](C)c1cc(OC)ccc1OC. The molecule has 0 bridgehead atoms. The molecule has 1 aromatic rings. The summed E-state index contributed by atoms with van der Waals surface area (Å²) in [4.78, 5) is 11.9. The second kappa shape index (κ2) is 7.62. The molecule has 0 aliphatic rings. The van der Waals surface area contributed by atoms with Crippen molar-refractivity contribution < 1.29 is 14.3 Å². The number of nitrogens with one attached hydrogen (secondary N) is 2. The van der Waals surface area contributed by atoms with Crippen molar-refractivity contribution in [3.8, 4) is 11.5 Å². The molecule has 0 heterocycles. The Kier molecular flexibility index (Phi) is 6.15. The molecule has 2 atom stereocenters. The van der Waals surface area contributed by atoms with Crippen molar-refractivity contribution >= 4 is 6.03 Å². The zero-order chi connectivity index (χ0) is 15.1. The highest BCUT2D eigenvalue weighted by atomic mass is 16.5. The second-order valence-electron chi connectivity index (χ2n) is 4.76. The van der Waals surface area contributed by atoms with Crippen molar-refractivity contribution in [2.45, 2.75) is 39.3 Å². The Hall–Kier alpha value is -1.91. The van der Waals surface area contributed by atoms with Gasteiger partial charge in [0, 0.05) is 11.6 Å². The van der Waals surface area contributed by atoms with Crippen LogP contribution in [0.2, 0.25) is 0 Å². The van der Waals surface area contributed by atoms with E-state index in [9.17, 15) is 4.79 Å². The molecule has 2 amide bonds. The first-order valence-corrected chi connectivity index (χ1v) is 6.80. The number of rotatable bonds is 6. The molecule has 5 heteroatoms. The van der Waals surface area contributed by atoms with Crippen LogP contribution in [0.5, 0.6) is 11.5 Å². The number of amides is 2. The number of methoxy groups -OCH3 is 2. The predicted molar refractivity (Wildman–Crippen MR) is 79.4 cm³/mol. The molecule has 20 heavy (non-hydrogen) atoms. The number of urea groups is 1. The van der Waals surface area contributed by atoms with Gasteiger partial charge in [0.15, 0.2) is 0 Å². The van der Waals surface area contributed by atoms with Gasteiger partial charge in [0.1, 0.15) is 11.5 Å². The highest BCUT2D eigenvalue weighted by Gasteiger charge is 2.15. The quantitative estimate of drug-likeness (QED) is 0.842. The molecule has 0 radical (unpaired) electrons. The Morgan fingerprint density at radius 2 is 1.90 bits per heavy atom. The van der Waals surface area contributed by atoms with E-state index < -0.39 is 0 Å². The maximum Gasteiger partial charge on any atom is 0.315 e. The van der Waals surface area contributed by atoms with E-state index in [0.717, 1.165) is 23.5 Å². The lowest BCUT2D eigenvalue weighted by Gasteiger charge is -2.20. The maximum atomic E-state index is 11.9. The minimum absolute atomic E-state index is 0.148. The molecule has 1 rings (SSSR count). The standard InChI is InChI=1S/C15H24N2O3/c1-6-10(2)16-15(18)17-11(3)13-9-12(19-4)7-8-14(13)20-5/h7-11H,6H2,1-5H3,(H2,16,17,18)/t10-,11-/m0/s1. The van der Waals surface area contributed by atoms with Crippen LogP contribution in [0.1, 0.15) is 38.8 Å². The Morgan fingerprint density at radius 3 is 2.45 bits per heavy atom. The summed E-state index contributed by atoms with van der Waals surface area (Å²) in [5.74, 6) is 1.46. The van der Waals surface area contributed by atoms with Crippen LogP contribution in [-0.2, 0) is 0 Å². The van der Waals surface area contributed by atoms with Crippen molar-refractivity contribution in [1.29, 1.82) is 0 Å². The molecule has 112 valence electrons. The second-order valence-corrected chi connectivity index (χ2v) is 4.76. The number of benzene rings is 1. The summed E-state index contributed by atoms with van der Waals surface area (Å²) in [5.41, 5.74) is 0.881. The van der Waals surface area contributed by atoms with E-state index in [2.05, 4.69) is 10.6 Å². The zero-order valence-electron chi connectivity index (χ0n) is 12.8. The van der Waals surface area contributed by atoms with Crippen LogP contribution in [-0.4, -0.2) is 26.3 Å². The Morgan fingerprint density at radius 1 is 1.20 bits per heavy atom. The normalized spacial score (nSPS) is 13.2. The van der Waals surface area contributed by atoms with Gasteiger partial charge in [-0.3, -0.25) is 0 Å². The summed E-state index contributed by atoms with van der Waals surface area (Å²) in [6.07, 6.45) is 0.893. The molecule has 0 spiro atoms. The van der Waals surface area contributed by atoms with Gasteiger partial charge in [-0.05, 0) is 38.5 Å². The van der Waals surface area contributed by atoms with Crippen LogP contribution in [0, 0.1) is 0 Å². The van der Waals surface area contributed by atoms with Crippen LogP contribution >= 0.6 is 0 Å². The molecule has 0 aliphatic heterocycles. The molecule has 0 unspecified atom stereocenters. The monoisotopic (exact) mass is 280 g/mol. The third-order valence-electron chi connectivity index (χ3n) is 3.24. The van der Waals surface area contributed by atoms with E-state index in [4.69, 9.17) is 9.47 Å². The minimum atomic E-state index is -0.184. The number of hydrogen-bond acceptors (Lipinski definition) is 3. The smallest absolute Gasteiger partial charge is 0.315 e. The fraction of sp³-hybridized carbons (Fsp3) is 0.533. The molecule has 5 nitrogen and oxygen atoms in total. The fourth-order valence-electron chi connectivity index (χ4n) is 1.82. The van der Waals surface area contributed by atoms with E-state index >= 15 is 0 Å². The van der Waals surface area contributed by atoms with Gasteiger partial charge in [-0.1, -0.05) is 6.92 Å². The van der Waals surface area contributed by atoms with Crippen molar-refractivity contribution in [3.63, 3.8) is 0 Å². The summed E-state index contributed by atoms with van der Waals surface area (Å²) < 4.78 is 10.5. The molecule has 0 saturated heterocycles. The van der Waals surface area contributed by atoms with Crippen molar-refractivity contribution in [2.24, 2.45) is 0 Å². The highest BCUT2D eigenvalue weighted by Crippen LogP contribution is 2.29. The van der Waals surface area contributed by atoms with Crippen LogP contribution < -0.4 is 20.1 Å². The minimum Gasteiger partial charge on any atom is -0.497 e. The van der Waals surface area contributed by atoms with Gasteiger partial charge in [-0.25, -0.2) is 4.79 Å². The number of ether oxygens (including phenoxy) is 2. The molecule has 1 aromatic carbocycles. The van der Waals surface area contributed by atoms with Crippen LogP contribution in [0.25, 0.3) is 0 Å². The third kappa shape index (κ3) is 4.33. The molecule has 0 aromatic heterocycles. The van der Waals surface area contributed by atoms with E-state index in [-0.39, 0.29) is 18.1 Å². The van der Waals surface area contributed by atoms with E-state index in [1.807, 2.05) is 39.0 Å². The summed E-state index contributed by atoms with van der Waals surface area (Å²) in [6.45, 7) is 5.91. The maximum absolute atomic E-state index is 11.9. The Bertz CT molecular complexity index is 449. The highest BCUT2D eigenvalue weighted by molar-refractivity contribution is 5.74. The Labute approximate surface area is 120 Å². The summed E-state index contributed by atoms with van der Waals surface area (Å²) in [5, 5.41) is 5.78. The van der Waals surface area contributed by atoms with E-state index in [1.165, 1.54) is 0 Å². The Balaban J connectivity index is 2.80. The van der Waals surface area contributed by atoms with Gasteiger partial charge < -0.3 is 20.1 Å².